The van der Waals surface area contributed by atoms with E-state index in [4.69, 9.17) is 19.3 Å². The molecule has 2 aliphatic rings. The number of aliphatic hydroxyl groups excluding tert-OH is 1. The SMILES string of the molecule is C[C@@H]1O[C@H]2OC(C)(C)O[C@H]2[C@@]1(O)CO. The molecule has 2 fully saturated rings. The second-order valence-electron chi connectivity index (χ2n) is 4.35. The van der Waals surface area contributed by atoms with Gasteiger partial charge in [-0.25, -0.2) is 0 Å². The van der Waals surface area contributed by atoms with Crippen LogP contribution >= 0.6 is 0 Å². The van der Waals surface area contributed by atoms with Crippen LogP contribution in [0.5, 0.6) is 0 Å². The van der Waals surface area contributed by atoms with E-state index < -0.39 is 36.5 Å². The molecule has 82 valence electrons. The molecule has 2 heterocycles. The van der Waals surface area contributed by atoms with Gasteiger partial charge in [0.15, 0.2) is 12.1 Å². The maximum Gasteiger partial charge on any atom is 0.190 e. The van der Waals surface area contributed by atoms with Crippen LogP contribution in [-0.2, 0) is 14.2 Å². The monoisotopic (exact) mass is 204 g/mol. The van der Waals surface area contributed by atoms with E-state index in [2.05, 4.69) is 0 Å². The molecule has 2 saturated heterocycles. The number of fused-ring (bicyclic) bond motifs is 1. The highest BCUT2D eigenvalue weighted by Crippen LogP contribution is 2.42. The van der Waals surface area contributed by atoms with E-state index in [0.29, 0.717) is 0 Å². The molecule has 0 unspecified atom stereocenters. The Morgan fingerprint density at radius 1 is 1.29 bits per heavy atom. The molecule has 4 atom stereocenters. The zero-order chi connectivity index (χ0) is 10.6. The average molecular weight is 204 g/mol. The van der Waals surface area contributed by atoms with Crippen molar-refractivity contribution in [2.24, 2.45) is 0 Å². The van der Waals surface area contributed by atoms with Crippen LogP contribution in [0.4, 0.5) is 0 Å². The summed E-state index contributed by atoms with van der Waals surface area (Å²) in [5, 5.41) is 19.2. The zero-order valence-corrected chi connectivity index (χ0v) is 8.56. The molecule has 14 heavy (non-hydrogen) atoms. The van der Waals surface area contributed by atoms with Gasteiger partial charge in [-0.1, -0.05) is 0 Å². The fraction of sp³-hybridized carbons (Fsp3) is 1.00. The Balaban J connectivity index is 2.22. The molecule has 2 rings (SSSR count). The van der Waals surface area contributed by atoms with Crippen LogP contribution in [0.1, 0.15) is 20.8 Å². The molecule has 0 radical (unpaired) electrons. The first kappa shape index (κ1) is 10.3. The van der Waals surface area contributed by atoms with Gasteiger partial charge in [0.05, 0.1) is 12.7 Å². The molecule has 0 spiro atoms. The molecular weight excluding hydrogens is 188 g/mol. The molecule has 5 nitrogen and oxygen atoms in total. The molecule has 0 aromatic rings. The first-order valence-electron chi connectivity index (χ1n) is 4.73. The highest BCUT2D eigenvalue weighted by atomic mass is 16.8. The van der Waals surface area contributed by atoms with E-state index in [9.17, 15) is 5.11 Å². The van der Waals surface area contributed by atoms with Crippen molar-refractivity contribution in [3.63, 3.8) is 0 Å². The first-order valence-corrected chi connectivity index (χ1v) is 4.73. The van der Waals surface area contributed by atoms with Crippen molar-refractivity contribution < 1.29 is 24.4 Å². The predicted octanol–water partition coefficient (Wildman–Crippen LogP) is -0.394. The van der Waals surface area contributed by atoms with Gasteiger partial charge in [0.2, 0.25) is 0 Å². The van der Waals surface area contributed by atoms with Gasteiger partial charge in [0, 0.05) is 0 Å². The summed E-state index contributed by atoms with van der Waals surface area (Å²) in [6.07, 6.45) is -1.69. The lowest BCUT2D eigenvalue weighted by Crippen LogP contribution is -2.51. The second kappa shape index (κ2) is 2.90. The van der Waals surface area contributed by atoms with Crippen molar-refractivity contribution in [1.29, 1.82) is 0 Å². The summed E-state index contributed by atoms with van der Waals surface area (Å²) in [7, 11) is 0. The third-order valence-electron chi connectivity index (χ3n) is 2.85. The molecule has 0 amide bonds. The molecular formula is C9H16O5. The minimum absolute atomic E-state index is 0.394. The van der Waals surface area contributed by atoms with Crippen molar-refractivity contribution in [2.45, 2.75) is 50.7 Å². The lowest BCUT2D eigenvalue weighted by molar-refractivity contribution is -0.230. The van der Waals surface area contributed by atoms with E-state index in [-0.39, 0.29) is 0 Å². The standard InChI is InChI=1S/C9H16O5/c1-5-9(11,4-10)6-7(12-5)14-8(2,3)13-6/h5-7,10-11H,4H2,1-3H3/t5-,6+,7-,9+/m0/s1. The van der Waals surface area contributed by atoms with Crippen molar-refractivity contribution >= 4 is 0 Å². The quantitative estimate of drug-likeness (QED) is 0.608. The summed E-state index contributed by atoms with van der Waals surface area (Å²) in [4.78, 5) is 0. The van der Waals surface area contributed by atoms with Gasteiger partial charge in [-0.3, -0.25) is 0 Å². The van der Waals surface area contributed by atoms with Crippen molar-refractivity contribution in [1.82, 2.24) is 0 Å². The van der Waals surface area contributed by atoms with Gasteiger partial charge >= 0.3 is 0 Å². The molecule has 5 heteroatoms. The molecule has 0 saturated carbocycles. The van der Waals surface area contributed by atoms with Crippen LogP contribution in [0.15, 0.2) is 0 Å². The Bertz CT molecular complexity index is 241. The number of ether oxygens (including phenoxy) is 3. The van der Waals surface area contributed by atoms with Crippen LogP contribution in [-0.4, -0.2) is 46.7 Å². The Hall–Kier alpha value is -0.200. The maximum atomic E-state index is 10.1. The lowest BCUT2D eigenvalue weighted by atomic mass is 9.95. The molecule has 0 aliphatic carbocycles. The normalized spacial score (nSPS) is 50.8. The largest absolute Gasteiger partial charge is 0.393 e. The van der Waals surface area contributed by atoms with Crippen LogP contribution in [0.25, 0.3) is 0 Å². The predicted molar refractivity (Wildman–Crippen MR) is 46.4 cm³/mol. The van der Waals surface area contributed by atoms with E-state index in [0.717, 1.165) is 0 Å². The van der Waals surface area contributed by atoms with Crippen molar-refractivity contribution in [2.75, 3.05) is 6.61 Å². The summed E-state index contributed by atoms with van der Waals surface area (Å²) in [5.74, 6) is -0.765. The Morgan fingerprint density at radius 2 is 1.93 bits per heavy atom. The van der Waals surface area contributed by atoms with E-state index in [1.54, 1.807) is 20.8 Å². The highest BCUT2D eigenvalue weighted by Gasteiger charge is 2.61. The summed E-state index contributed by atoms with van der Waals surface area (Å²) in [5.41, 5.74) is -1.36. The topological polar surface area (TPSA) is 68.2 Å². The minimum atomic E-state index is -1.36. The van der Waals surface area contributed by atoms with Crippen molar-refractivity contribution in [3.05, 3.63) is 0 Å². The molecule has 0 bridgehead atoms. The number of aliphatic hydroxyl groups is 2. The van der Waals surface area contributed by atoms with Gasteiger partial charge < -0.3 is 24.4 Å². The average Bonchev–Trinajstić information content (AvgIpc) is 2.48. The number of rotatable bonds is 1. The fourth-order valence-electron chi connectivity index (χ4n) is 1.94. The zero-order valence-electron chi connectivity index (χ0n) is 8.56. The summed E-state index contributed by atoms with van der Waals surface area (Å²) >= 11 is 0. The Labute approximate surface area is 82.6 Å². The second-order valence-corrected chi connectivity index (χ2v) is 4.35. The van der Waals surface area contributed by atoms with Gasteiger partial charge in [-0.05, 0) is 20.8 Å². The van der Waals surface area contributed by atoms with Crippen LogP contribution in [0.3, 0.4) is 0 Å². The first-order chi connectivity index (χ1) is 6.39. The third kappa shape index (κ3) is 1.28. The number of hydrogen-bond acceptors (Lipinski definition) is 5. The van der Waals surface area contributed by atoms with Gasteiger partial charge in [0.1, 0.15) is 11.7 Å². The van der Waals surface area contributed by atoms with Gasteiger partial charge in [-0.15, -0.1) is 0 Å². The maximum absolute atomic E-state index is 10.1. The molecule has 0 aromatic heterocycles. The van der Waals surface area contributed by atoms with E-state index in [1.807, 2.05) is 0 Å². The molecule has 0 aromatic carbocycles. The summed E-state index contributed by atoms with van der Waals surface area (Å²) in [6.45, 7) is 4.79. The number of hydrogen-bond donors (Lipinski definition) is 2. The van der Waals surface area contributed by atoms with E-state index >= 15 is 0 Å². The van der Waals surface area contributed by atoms with Crippen LogP contribution < -0.4 is 0 Å². The van der Waals surface area contributed by atoms with Crippen LogP contribution in [0.2, 0.25) is 0 Å². The van der Waals surface area contributed by atoms with Crippen LogP contribution in [0, 0.1) is 0 Å². The van der Waals surface area contributed by atoms with Gasteiger partial charge in [-0.2, -0.15) is 0 Å². The highest BCUT2D eigenvalue weighted by molar-refractivity contribution is 5.03. The summed E-state index contributed by atoms with van der Waals surface area (Å²) < 4.78 is 16.3. The van der Waals surface area contributed by atoms with Gasteiger partial charge in [0.25, 0.3) is 0 Å². The fourth-order valence-corrected chi connectivity index (χ4v) is 1.94. The summed E-state index contributed by atoms with van der Waals surface area (Å²) in [6, 6.07) is 0. The molecule has 2 N–H and O–H groups in total. The van der Waals surface area contributed by atoms with E-state index in [1.165, 1.54) is 0 Å². The Kier molecular flexibility index (Phi) is 2.14. The molecule has 2 aliphatic heterocycles. The van der Waals surface area contributed by atoms with Crippen molar-refractivity contribution in [3.8, 4) is 0 Å². The smallest absolute Gasteiger partial charge is 0.190 e. The lowest BCUT2D eigenvalue weighted by Gasteiger charge is -2.29. The third-order valence-corrected chi connectivity index (χ3v) is 2.85. The minimum Gasteiger partial charge on any atom is -0.393 e. The Morgan fingerprint density at radius 3 is 2.50 bits per heavy atom.